The van der Waals surface area contributed by atoms with E-state index in [9.17, 15) is 5.11 Å². The van der Waals surface area contributed by atoms with Crippen molar-refractivity contribution in [3.8, 4) is 0 Å². The third-order valence-corrected chi connectivity index (χ3v) is 2.89. The number of thioether (sulfide) groups is 1. The third-order valence-electron chi connectivity index (χ3n) is 1.90. The lowest BCUT2D eigenvalue weighted by atomic mass is 9.96. The number of rotatable bonds is 4. The summed E-state index contributed by atoms with van der Waals surface area (Å²) in [6.45, 7) is 5.63. The molecule has 0 bridgehead atoms. The van der Waals surface area contributed by atoms with Crippen molar-refractivity contribution in [3.63, 3.8) is 0 Å². The van der Waals surface area contributed by atoms with Gasteiger partial charge in [-0.15, -0.1) is 0 Å². The van der Waals surface area contributed by atoms with Gasteiger partial charge in [0.15, 0.2) is 0 Å². The highest BCUT2D eigenvalue weighted by molar-refractivity contribution is 7.99. The zero-order valence-electron chi connectivity index (χ0n) is 7.79. The van der Waals surface area contributed by atoms with Crippen LogP contribution in [0.15, 0.2) is 0 Å². The van der Waals surface area contributed by atoms with Crippen LogP contribution in [0, 0.1) is 0 Å². The maximum Gasteiger partial charge on any atom is 0.0742 e. The largest absolute Gasteiger partial charge is 0.389 e. The fourth-order valence-electron chi connectivity index (χ4n) is 0.742. The Morgan fingerprint density at radius 1 is 1.55 bits per heavy atom. The second-order valence-electron chi connectivity index (χ2n) is 3.54. The van der Waals surface area contributed by atoms with E-state index in [1.165, 1.54) is 0 Å². The number of nitrogens with two attached hydrogens (primary N) is 1. The maximum atomic E-state index is 9.50. The Balaban J connectivity index is 3.77. The summed E-state index contributed by atoms with van der Waals surface area (Å²) in [4.78, 5) is 0. The number of hydrogen-bond donors (Lipinski definition) is 2. The van der Waals surface area contributed by atoms with Crippen molar-refractivity contribution < 1.29 is 5.11 Å². The minimum absolute atomic E-state index is 0.120. The van der Waals surface area contributed by atoms with E-state index in [4.69, 9.17) is 5.73 Å². The average molecular weight is 177 g/mol. The third kappa shape index (κ3) is 4.67. The first kappa shape index (κ1) is 11.3. The maximum absolute atomic E-state index is 9.50. The summed E-state index contributed by atoms with van der Waals surface area (Å²) in [5, 5.41) is 10.0. The first-order valence-corrected chi connectivity index (χ1v) is 5.17. The summed E-state index contributed by atoms with van der Waals surface area (Å²) in [5.41, 5.74) is 5.02. The second kappa shape index (κ2) is 4.33. The first-order chi connectivity index (χ1) is 4.88. The van der Waals surface area contributed by atoms with Crippen LogP contribution in [-0.2, 0) is 0 Å². The molecule has 0 aromatic heterocycles. The summed E-state index contributed by atoms with van der Waals surface area (Å²) in [7, 11) is 0. The molecule has 0 aliphatic carbocycles. The number of aliphatic hydroxyl groups is 1. The molecule has 0 amide bonds. The Kier molecular flexibility index (Phi) is 4.44. The lowest BCUT2D eigenvalue weighted by Gasteiger charge is -2.27. The van der Waals surface area contributed by atoms with Gasteiger partial charge in [0.25, 0.3) is 0 Å². The van der Waals surface area contributed by atoms with Crippen LogP contribution < -0.4 is 5.73 Å². The van der Waals surface area contributed by atoms with Gasteiger partial charge in [-0.3, -0.25) is 0 Å². The Morgan fingerprint density at radius 2 is 2.00 bits per heavy atom. The predicted octanol–water partition coefficient (Wildman–Crippen LogP) is 1.23. The van der Waals surface area contributed by atoms with Gasteiger partial charge in [-0.25, -0.2) is 0 Å². The van der Waals surface area contributed by atoms with Gasteiger partial charge in [0.1, 0.15) is 0 Å². The van der Waals surface area contributed by atoms with E-state index in [1.807, 2.05) is 0 Å². The van der Waals surface area contributed by atoms with Crippen LogP contribution in [0.25, 0.3) is 0 Å². The molecule has 11 heavy (non-hydrogen) atoms. The van der Waals surface area contributed by atoms with Gasteiger partial charge in [0, 0.05) is 11.3 Å². The lowest BCUT2D eigenvalue weighted by molar-refractivity contribution is 0.0493. The highest BCUT2D eigenvalue weighted by Gasteiger charge is 2.23. The van der Waals surface area contributed by atoms with Crippen molar-refractivity contribution in [2.45, 2.75) is 44.1 Å². The highest BCUT2D eigenvalue weighted by atomic mass is 32.2. The fourth-order valence-corrected chi connectivity index (χ4v) is 1.14. The molecule has 2 nitrogen and oxygen atoms in total. The van der Waals surface area contributed by atoms with Gasteiger partial charge in [-0.1, -0.05) is 6.92 Å². The number of hydrogen-bond acceptors (Lipinski definition) is 3. The Hall–Kier alpha value is 0.270. The van der Waals surface area contributed by atoms with Crippen molar-refractivity contribution >= 4 is 11.8 Å². The van der Waals surface area contributed by atoms with E-state index in [1.54, 1.807) is 25.6 Å². The summed E-state index contributed by atoms with van der Waals surface area (Å²) >= 11 is 1.78. The molecular formula is C8H19NOS. The highest BCUT2D eigenvalue weighted by Crippen LogP contribution is 2.17. The summed E-state index contributed by atoms with van der Waals surface area (Å²) in [6, 6.07) is -0.120. The molecule has 0 aromatic carbocycles. The minimum atomic E-state index is -0.746. The van der Waals surface area contributed by atoms with Crippen LogP contribution in [0.3, 0.4) is 0 Å². The minimum Gasteiger partial charge on any atom is -0.389 e. The fraction of sp³-hybridized carbons (Fsp3) is 1.00. The Labute approximate surface area is 73.6 Å². The molecule has 68 valence electrons. The van der Waals surface area contributed by atoms with E-state index in [-0.39, 0.29) is 6.04 Å². The molecule has 0 heterocycles. The van der Waals surface area contributed by atoms with Crippen molar-refractivity contribution in [1.82, 2.24) is 0 Å². The Bertz CT molecular complexity index is 111. The standard InChI is InChI=1S/C8H19NOS/c1-6(11-4)5-7(9)8(2,3)10/h6-7,10H,5,9H2,1-4H3. The summed E-state index contributed by atoms with van der Waals surface area (Å²) in [6.07, 6.45) is 2.92. The predicted molar refractivity (Wildman–Crippen MR) is 51.9 cm³/mol. The van der Waals surface area contributed by atoms with Crippen LogP contribution in [0.5, 0.6) is 0 Å². The second-order valence-corrected chi connectivity index (χ2v) is 4.82. The lowest BCUT2D eigenvalue weighted by Crippen LogP contribution is -2.44. The van der Waals surface area contributed by atoms with Crippen LogP contribution in [0.4, 0.5) is 0 Å². The zero-order chi connectivity index (χ0) is 9.07. The van der Waals surface area contributed by atoms with E-state index in [2.05, 4.69) is 13.2 Å². The van der Waals surface area contributed by atoms with Crippen molar-refractivity contribution in [2.75, 3.05) is 6.26 Å². The van der Waals surface area contributed by atoms with Gasteiger partial charge < -0.3 is 10.8 Å². The molecule has 0 radical (unpaired) electrons. The summed E-state index contributed by atoms with van der Waals surface area (Å²) < 4.78 is 0. The molecule has 0 aromatic rings. The Morgan fingerprint density at radius 3 is 2.27 bits per heavy atom. The van der Waals surface area contributed by atoms with Gasteiger partial charge in [0.2, 0.25) is 0 Å². The molecule has 0 saturated heterocycles. The quantitative estimate of drug-likeness (QED) is 0.679. The molecule has 0 rings (SSSR count). The van der Waals surface area contributed by atoms with Gasteiger partial charge >= 0.3 is 0 Å². The molecule has 3 N–H and O–H groups in total. The van der Waals surface area contributed by atoms with Gasteiger partial charge in [0.05, 0.1) is 5.60 Å². The summed E-state index contributed by atoms with van der Waals surface area (Å²) in [5.74, 6) is 0. The average Bonchev–Trinajstić information content (AvgIpc) is 1.85. The molecule has 2 unspecified atom stereocenters. The van der Waals surface area contributed by atoms with E-state index < -0.39 is 5.60 Å². The molecule has 0 aliphatic heterocycles. The molecule has 0 saturated carbocycles. The molecule has 2 atom stereocenters. The van der Waals surface area contributed by atoms with Gasteiger partial charge in [-0.2, -0.15) is 11.8 Å². The van der Waals surface area contributed by atoms with Gasteiger partial charge in [-0.05, 0) is 26.5 Å². The molecule has 0 spiro atoms. The normalized spacial score (nSPS) is 18.0. The molecular weight excluding hydrogens is 158 g/mol. The van der Waals surface area contributed by atoms with Crippen molar-refractivity contribution in [3.05, 3.63) is 0 Å². The molecule has 0 fully saturated rings. The SMILES string of the molecule is CSC(C)CC(N)C(C)(C)O. The van der Waals surface area contributed by atoms with Crippen LogP contribution >= 0.6 is 11.8 Å². The van der Waals surface area contributed by atoms with Crippen molar-refractivity contribution in [2.24, 2.45) is 5.73 Å². The topological polar surface area (TPSA) is 46.2 Å². The first-order valence-electron chi connectivity index (χ1n) is 3.88. The van der Waals surface area contributed by atoms with E-state index >= 15 is 0 Å². The van der Waals surface area contributed by atoms with Crippen LogP contribution in [-0.4, -0.2) is 28.3 Å². The van der Waals surface area contributed by atoms with E-state index in [0.29, 0.717) is 5.25 Å². The van der Waals surface area contributed by atoms with Crippen LogP contribution in [0.2, 0.25) is 0 Å². The van der Waals surface area contributed by atoms with E-state index in [0.717, 1.165) is 6.42 Å². The molecule has 3 heteroatoms. The van der Waals surface area contributed by atoms with Crippen molar-refractivity contribution in [1.29, 1.82) is 0 Å². The zero-order valence-corrected chi connectivity index (χ0v) is 8.61. The molecule has 0 aliphatic rings. The smallest absolute Gasteiger partial charge is 0.0742 e. The monoisotopic (exact) mass is 177 g/mol. The van der Waals surface area contributed by atoms with Crippen LogP contribution in [0.1, 0.15) is 27.2 Å².